The van der Waals surface area contributed by atoms with E-state index in [9.17, 15) is 15.2 Å². The summed E-state index contributed by atoms with van der Waals surface area (Å²) in [5.41, 5.74) is 2.93. The van der Waals surface area contributed by atoms with Gasteiger partial charge in [0.15, 0.2) is 11.6 Å². The van der Waals surface area contributed by atoms with Gasteiger partial charge in [0.2, 0.25) is 0 Å². The van der Waals surface area contributed by atoms with Crippen LogP contribution < -0.4 is 0 Å². The second kappa shape index (κ2) is 9.46. The summed E-state index contributed by atoms with van der Waals surface area (Å²) in [6.07, 6.45) is 7.98. The standard InChI is InChI=1S/C32H31FN4O2/c1-31(13-5-15-38)26-11-10-23-27(22-6-3-4-7-24(22)33)36-30(20-12-14-35-25(16-20)19-8-9-19)37-28(23)32(26,2)17-21(18-34)29(31)39/h3-4,6-7,12,14,16-17,19,26,38H,5,8-11,13,15H2,1-2H3/t26-,31-,32-/m1/s1. The average molecular weight is 523 g/mol. The Kier molecular flexibility index (Phi) is 6.19. The molecule has 1 aromatic carbocycles. The lowest BCUT2D eigenvalue weighted by molar-refractivity contribution is -0.130. The van der Waals surface area contributed by atoms with Crippen molar-refractivity contribution in [3.05, 3.63) is 77.0 Å². The van der Waals surface area contributed by atoms with Crippen LogP contribution in [0.15, 0.2) is 54.2 Å². The number of ketones is 1. The molecule has 3 aliphatic rings. The number of hydrogen-bond donors (Lipinski definition) is 1. The van der Waals surface area contributed by atoms with E-state index in [4.69, 9.17) is 9.97 Å². The zero-order chi connectivity index (χ0) is 27.4. The lowest BCUT2D eigenvalue weighted by Crippen LogP contribution is -2.53. The summed E-state index contributed by atoms with van der Waals surface area (Å²) in [6.45, 7) is 3.94. The first-order valence-corrected chi connectivity index (χ1v) is 13.7. The highest BCUT2D eigenvalue weighted by atomic mass is 19.1. The normalized spacial score (nSPS) is 25.9. The van der Waals surface area contributed by atoms with E-state index in [0.29, 0.717) is 48.7 Å². The Morgan fingerprint density at radius 3 is 2.67 bits per heavy atom. The highest BCUT2D eigenvalue weighted by Crippen LogP contribution is 2.57. The molecular weight excluding hydrogens is 491 g/mol. The zero-order valence-electron chi connectivity index (χ0n) is 22.2. The Hall–Kier alpha value is -3.76. The highest BCUT2D eigenvalue weighted by Gasteiger charge is 2.56. The number of aliphatic hydroxyl groups is 1. The lowest BCUT2D eigenvalue weighted by Gasteiger charge is -2.52. The first-order chi connectivity index (χ1) is 18.8. The number of hydrogen-bond acceptors (Lipinski definition) is 6. The number of allylic oxidation sites excluding steroid dienone is 2. The maximum atomic E-state index is 15.2. The zero-order valence-corrected chi connectivity index (χ0v) is 22.2. The number of aliphatic hydroxyl groups excluding tert-OH is 1. The first-order valence-electron chi connectivity index (χ1n) is 13.7. The summed E-state index contributed by atoms with van der Waals surface area (Å²) in [7, 11) is 0. The van der Waals surface area contributed by atoms with Crippen molar-refractivity contribution in [3.8, 4) is 28.7 Å². The molecule has 0 aliphatic heterocycles. The Balaban J connectivity index is 1.61. The van der Waals surface area contributed by atoms with Gasteiger partial charge in [0.25, 0.3) is 0 Å². The number of benzene rings is 1. The fourth-order valence-electron chi connectivity index (χ4n) is 6.91. The molecule has 1 saturated carbocycles. The minimum absolute atomic E-state index is 0.0242. The fourth-order valence-corrected chi connectivity index (χ4v) is 6.91. The largest absolute Gasteiger partial charge is 0.396 e. The van der Waals surface area contributed by atoms with Gasteiger partial charge in [0.05, 0.1) is 17.0 Å². The van der Waals surface area contributed by atoms with Gasteiger partial charge in [0, 0.05) is 51.9 Å². The number of carbonyl (C=O) groups is 1. The molecule has 0 amide bonds. The number of aromatic nitrogens is 3. The molecule has 0 saturated heterocycles. The molecule has 6 nitrogen and oxygen atoms in total. The van der Waals surface area contributed by atoms with E-state index in [0.717, 1.165) is 35.4 Å². The van der Waals surface area contributed by atoms with E-state index in [1.807, 2.05) is 26.0 Å². The van der Waals surface area contributed by atoms with Gasteiger partial charge >= 0.3 is 0 Å². The van der Waals surface area contributed by atoms with Gasteiger partial charge in [-0.1, -0.05) is 32.1 Å². The van der Waals surface area contributed by atoms with Crippen molar-refractivity contribution in [2.24, 2.45) is 11.3 Å². The molecule has 0 bridgehead atoms. The third-order valence-electron chi connectivity index (χ3n) is 9.04. The van der Waals surface area contributed by atoms with E-state index >= 15 is 4.39 Å². The van der Waals surface area contributed by atoms with E-state index in [-0.39, 0.29) is 29.7 Å². The van der Waals surface area contributed by atoms with E-state index < -0.39 is 10.8 Å². The third-order valence-corrected chi connectivity index (χ3v) is 9.04. The maximum absolute atomic E-state index is 15.2. The molecule has 6 rings (SSSR count). The van der Waals surface area contributed by atoms with Crippen LogP contribution in [0, 0.1) is 28.5 Å². The smallest absolute Gasteiger partial charge is 0.179 e. The van der Waals surface area contributed by atoms with Gasteiger partial charge in [-0.15, -0.1) is 0 Å². The summed E-state index contributed by atoms with van der Waals surface area (Å²) in [6, 6.07) is 12.7. The molecule has 1 fully saturated rings. The van der Waals surface area contributed by atoms with Crippen molar-refractivity contribution in [1.29, 1.82) is 5.26 Å². The van der Waals surface area contributed by atoms with Gasteiger partial charge in [0.1, 0.15) is 11.9 Å². The lowest BCUT2D eigenvalue weighted by atomic mass is 9.50. The monoisotopic (exact) mass is 522 g/mol. The van der Waals surface area contributed by atoms with Crippen LogP contribution in [-0.4, -0.2) is 32.4 Å². The van der Waals surface area contributed by atoms with Crippen LogP contribution in [-0.2, 0) is 16.6 Å². The van der Waals surface area contributed by atoms with Gasteiger partial charge in [-0.25, -0.2) is 14.4 Å². The molecule has 3 aliphatic carbocycles. The minimum atomic E-state index is -0.825. The number of fused-ring (bicyclic) bond motifs is 3. The molecule has 2 aromatic heterocycles. The van der Waals surface area contributed by atoms with Crippen LogP contribution in [0.3, 0.4) is 0 Å². The SMILES string of the molecule is C[C@]1(CCCO)C(=O)C(C#N)=C[C@@]2(C)c3nc(-c4ccnc(C5CC5)c4)nc(-c4ccccc4F)c3CC[C@H]12. The topological polar surface area (TPSA) is 99.8 Å². The van der Waals surface area contributed by atoms with Crippen molar-refractivity contribution in [2.75, 3.05) is 6.61 Å². The predicted octanol–water partition coefficient (Wildman–Crippen LogP) is 5.85. The molecule has 7 heteroatoms. The van der Waals surface area contributed by atoms with Crippen LogP contribution in [0.2, 0.25) is 0 Å². The summed E-state index contributed by atoms with van der Waals surface area (Å²) >= 11 is 0. The Morgan fingerprint density at radius 1 is 1.15 bits per heavy atom. The number of nitrogens with zero attached hydrogens (tertiary/aromatic N) is 4. The van der Waals surface area contributed by atoms with Gasteiger partial charge in [-0.3, -0.25) is 9.78 Å². The number of pyridine rings is 1. The second-order valence-electron chi connectivity index (χ2n) is 11.6. The van der Waals surface area contributed by atoms with Gasteiger partial charge in [-0.2, -0.15) is 5.26 Å². The Labute approximate surface area is 227 Å². The average Bonchev–Trinajstić information content (AvgIpc) is 3.80. The predicted molar refractivity (Wildman–Crippen MR) is 145 cm³/mol. The van der Waals surface area contributed by atoms with Gasteiger partial charge < -0.3 is 5.11 Å². The molecule has 0 spiro atoms. The molecule has 1 N–H and O–H groups in total. The highest BCUT2D eigenvalue weighted by molar-refractivity contribution is 6.04. The van der Waals surface area contributed by atoms with Crippen molar-refractivity contribution in [1.82, 2.24) is 15.0 Å². The Morgan fingerprint density at radius 2 is 1.95 bits per heavy atom. The number of rotatable bonds is 6. The third kappa shape index (κ3) is 4.09. The molecule has 0 unspecified atom stereocenters. The molecule has 3 aromatic rings. The first kappa shape index (κ1) is 25.5. The summed E-state index contributed by atoms with van der Waals surface area (Å²) in [5, 5.41) is 19.6. The fraction of sp³-hybridized carbons (Fsp3) is 0.406. The van der Waals surface area contributed by atoms with Crippen LogP contribution in [0.5, 0.6) is 0 Å². The molecule has 0 radical (unpaired) electrons. The number of carbonyl (C=O) groups excluding carboxylic acids is 1. The second-order valence-corrected chi connectivity index (χ2v) is 11.6. The summed E-state index contributed by atoms with van der Waals surface area (Å²) < 4.78 is 15.2. The van der Waals surface area contributed by atoms with Crippen LogP contribution >= 0.6 is 0 Å². The molecule has 39 heavy (non-hydrogen) atoms. The molecule has 2 heterocycles. The van der Waals surface area contributed by atoms with Crippen molar-refractivity contribution >= 4 is 5.78 Å². The van der Waals surface area contributed by atoms with Crippen molar-refractivity contribution < 1.29 is 14.3 Å². The minimum Gasteiger partial charge on any atom is -0.396 e. The maximum Gasteiger partial charge on any atom is 0.179 e. The summed E-state index contributed by atoms with van der Waals surface area (Å²) in [4.78, 5) is 28.2. The van der Waals surface area contributed by atoms with E-state index in [2.05, 4.69) is 11.1 Å². The Bertz CT molecular complexity index is 1560. The molecule has 3 atom stereocenters. The van der Waals surface area contributed by atoms with Gasteiger partial charge in [-0.05, 0) is 68.7 Å². The van der Waals surface area contributed by atoms with Crippen LogP contribution in [0.4, 0.5) is 4.39 Å². The number of halogens is 1. The van der Waals surface area contributed by atoms with Crippen LogP contribution in [0.1, 0.15) is 68.8 Å². The summed E-state index contributed by atoms with van der Waals surface area (Å²) in [5.74, 6) is 0.276. The van der Waals surface area contributed by atoms with E-state index in [1.54, 1.807) is 30.5 Å². The molecular formula is C32H31FN4O2. The number of Topliss-reactive ketones (excluding diaryl/α,β-unsaturated/α-hetero) is 1. The van der Waals surface area contributed by atoms with Crippen molar-refractivity contribution in [2.45, 2.75) is 63.7 Å². The molecule has 198 valence electrons. The number of nitriles is 1. The quantitative estimate of drug-likeness (QED) is 0.436. The van der Waals surface area contributed by atoms with E-state index in [1.165, 1.54) is 6.07 Å². The van der Waals surface area contributed by atoms with Crippen molar-refractivity contribution in [3.63, 3.8) is 0 Å². The van der Waals surface area contributed by atoms with Crippen LogP contribution in [0.25, 0.3) is 22.6 Å².